The van der Waals surface area contributed by atoms with Crippen LogP contribution in [0.2, 0.25) is 0 Å². The Morgan fingerprint density at radius 3 is 2.78 bits per heavy atom. The van der Waals surface area contributed by atoms with Crippen molar-refractivity contribution in [3.63, 3.8) is 0 Å². The van der Waals surface area contributed by atoms with Gasteiger partial charge in [-0.25, -0.2) is 0 Å². The van der Waals surface area contributed by atoms with Crippen molar-refractivity contribution >= 4 is 23.2 Å². The van der Waals surface area contributed by atoms with Gasteiger partial charge in [0.15, 0.2) is 5.78 Å². The number of hydrogen-bond acceptors (Lipinski definition) is 4. The number of phenols is 1. The fourth-order valence-corrected chi connectivity index (χ4v) is 3.48. The highest BCUT2D eigenvalue weighted by Crippen LogP contribution is 2.23. The molecule has 3 rings (SSSR count). The van der Waals surface area contributed by atoms with Crippen LogP contribution in [0.15, 0.2) is 41.8 Å². The molecule has 1 N–H and O–H groups in total. The van der Waals surface area contributed by atoms with Gasteiger partial charge in [-0.15, -0.1) is 11.3 Å². The second kappa shape index (κ2) is 7.57. The molecule has 2 aromatic rings. The maximum Gasteiger partial charge on any atom is 0.185 e. The molecule has 4 heteroatoms. The molecule has 0 aliphatic carbocycles. The van der Waals surface area contributed by atoms with E-state index in [-0.39, 0.29) is 11.5 Å². The normalized spacial score (nSPS) is 16.0. The van der Waals surface area contributed by atoms with Crippen LogP contribution in [0.5, 0.6) is 5.75 Å². The Bertz CT molecular complexity index is 685. The van der Waals surface area contributed by atoms with Gasteiger partial charge in [-0.3, -0.25) is 9.69 Å². The molecular formula is C19H21NO2S. The zero-order valence-corrected chi connectivity index (χ0v) is 13.9. The first-order valence-corrected chi connectivity index (χ1v) is 8.90. The summed E-state index contributed by atoms with van der Waals surface area (Å²) in [7, 11) is 0. The van der Waals surface area contributed by atoms with Gasteiger partial charge in [0.25, 0.3) is 0 Å². The summed E-state index contributed by atoms with van der Waals surface area (Å²) in [5.41, 5.74) is 1.46. The molecule has 0 spiro atoms. The van der Waals surface area contributed by atoms with E-state index in [4.69, 9.17) is 0 Å². The summed E-state index contributed by atoms with van der Waals surface area (Å²) in [6, 6.07) is 9.09. The molecule has 0 unspecified atom stereocenters. The fraction of sp³-hybridized carbons (Fsp3) is 0.316. The molecular weight excluding hydrogens is 306 g/mol. The molecule has 1 aliphatic heterocycles. The largest absolute Gasteiger partial charge is 0.508 e. The van der Waals surface area contributed by atoms with Crippen LogP contribution in [0, 0.1) is 0 Å². The summed E-state index contributed by atoms with van der Waals surface area (Å²) < 4.78 is 0. The van der Waals surface area contributed by atoms with E-state index in [9.17, 15) is 9.90 Å². The highest BCUT2D eigenvalue weighted by molar-refractivity contribution is 7.10. The van der Waals surface area contributed by atoms with Crippen molar-refractivity contribution in [2.24, 2.45) is 0 Å². The Labute approximate surface area is 140 Å². The van der Waals surface area contributed by atoms with Crippen LogP contribution in [0.3, 0.4) is 0 Å². The zero-order valence-electron chi connectivity index (χ0n) is 13.1. The van der Waals surface area contributed by atoms with Crippen LogP contribution in [-0.2, 0) is 6.54 Å². The highest BCUT2D eigenvalue weighted by Gasteiger charge is 2.14. The van der Waals surface area contributed by atoms with Crippen molar-refractivity contribution in [2.45, 2.75) is 25.8 Å². The fourth-order valence-electron chi connectivity index (χ4n) is 2.86. The summed E-state index contributed by atoms with van der Waals surface area (Å²) in [4.78, 5) is 15.7. The number of carbonyl (C=O) groups excluding carboxylic acids is 1. The van der Waals surface area contributed by atoms with Gasteiger partial charge >= 0.3 is 0 Å². The molecule has 120 valence electrons. The predicted molar refractivity (Wildman–Crippen MR) is 94.9 cm³/mol. The Morgan fingerprint density at radius 2 is 2.04 bits per heavy atom. The van der Waals surface area contributed by atoms with E-state index in [1.807, 2.05) is 29.7 Å². The van der Waals surface area contributed by atoms with E-state index < -0.39 is 0 Å². The number of rotatable bonds is 5. The van der Waals surface area contributed by atoms with E-state index in [2.05, 4.69) is 4.90 Å². The number of ketones is 1. The first-order valence-electron chi connectivity index (χ1n) is 8.02. The minimum absolute atomic E-state index is 0.0294. The van der Waals surface area contributed by atoms with Gasteiger partial charge in [-0.1, -0.05) is 12.5 Å². The van der Waals surface area contributed by atoms with Crippen LogP contribution in [-0.4, -0.2) is 28.9 Å². The van der Waals surface area contributed by atoms with E-state index in [0.717, 1.165) is 23.5 Å². The maximum atomic E-state index is 12.3. The van der Waals surface area contributed by atoms with Crippen molar-refractivity contribution in [3.05, 3.63) is 57.8 Å². The first-order chi connectivity index (χ1) is 11.2. The number of piperidine rings is 1. The minimum atomic E-state index is -0.0294. The van der Waals surface area contributed by atoms with Crippen molar-refractivity contribution < 1.29 is 9.90 Å². The lowest BCUT2D eigenvalue weighted by Crippen LogP contribution is -2.29. The van der Waals surface area contributed by atoms with Crippen molar-refractivity contribution in [3.8, 4) is 5.75 Å². The van der Waals surface area contributed by atoms with Crippen LogP contribution >= 0.6 is 11.3 Å². The quantitative estimate of drug-likeness (QED) is 0.656. The number of nitrogens with zero attached hydrogens (tertiary/aromatic N) is 1. The van der Waals surface area contributed by atoms with Gasteiger partial charge in [-0.05, 0) is 67.7 Å². The monoisotopic (exact) mass is 327 g/mol. The second-order valence-corrected chi connectivity index (χ2v) is 6.87. The lowest BCUT2D eigenvalue weighted by atomic mass is 10.0. The predicted octanol–water partition coefficient (Wildman–Crippen LogP) is 4.34. The number of phenolic OH excluding ortho intramolecular Hbond substituents is 1. The highest BCUT2D eigenvalue weighted by atomic mass is 32.1. The van der Waals surface area contributed by atoms with Gasteiger partial charge in [0.1, 0.15) is 5.75 Å². The number of likely N-dealkylation sites (tertiary alicyclic amines) is 1. The van der Waals surface area contributed by atoms with Crippen LogP contribution < -0.4 is 0 Å². The minimum Gasteiger partial charge on any atom is -0.508 e. The summed E-state index contributed by atoms with van der Waals surface area (Å²) in [6.07, 6.45) is 7.15. The van der Waals surface area contributed by atoms with E-state index in [0.29, 0.717) is 12.1 Å². The summed E-state index contributed by atoms with van der Waals surface area (Å²) >= 11 is 1.60. The van der Waals surface area contributed by atoms with Gasteiger partial charge in [0, 0.05) is 22.5 Å². The average Bonchev–Trinajstić information content (AvgIpc) is 3.09. The number of hydrogen-bond donors (Lipinski definition) is 1. The number of thiophene rings is 1. The van der Waals surface area contributed by atoms with E-state index >= 15 is 0 Å². The Morgan fingerprint density at radius 1 is 1.22 bits per heavy atom. The summed E-state index contributed by atoms with van der Waals surface area (Å²) in [6.45, 7) is 2.84. The zero-order chi connectivity index (χ0) is 16.1. The molecule has 0 amide bonds. The Balaban J connectivity index is 1.72. The van der Waals surface area contributed by atoms with Crippen LogP contribution in [0.25, 0.3) is 6.08 Å². The number of benzene rings is 1. The summed E-state index contributed by atoms with van der Waals surface area (Å²) in [5.74, 6) is 0.243. The van der Waals surface area contributed by atoms with E-state index in [1.54, 1.807) is 29.5 Å². The van der Waals surface area contributed by atoms with Crippen LogP contribution in [0.4, 0.5) is 0 Å². The van der Waals surface area contributed by atoms with Gasteiger partial charge in [-0.2, -0.15) is 0 Å². The van der Waals surface area contributed by atoms with Gasteiger partial charge in [0.05, 0.1) is 0 Å². The maximum absolute atomic E-state index is 12.3. The molecule has 0 radical (unpaired) electrons. The van der Waals surface area contributed by atoms with E-state index in [1.165, 1.54) is 19.3 Å². The average molecular weight is 327 g/mol. The molecule has 3 nitrogen and oxygen atoms in total. The molecule has 0 bridgehead atoms. The first kappa shape index (κ1) is 16.0. The summed E-state index contributed by atoms with van der Waals surface area (Å²) in [5, 5.41) is 12.1. The topological polar surface area (TPSA) is 40.5 Å². The van der Waals surface area contributed by atoms with Gasteiger partial charge in [0.2, 0.25) is 0 Å². The smallest absolute Gasteiger partial charge is 0.185 e. The molecule has 1 saturated heterocycles. The van der Waals surface area contributed by atoms with Gasteiger partial charge < -0.3 is 5.11 Å². The molecule has 0 atom stereocenters. The third kappa shape index (κ3) is 4.30. The Hall–Kier alpha value is -1.91. The lowest BCUT2D eigenvalue weighted by molar-refractivity contribution is 0.104. The third-order valence-corrected chi connectivity index (χ3v) is 4.99. The molecule has 1 aromatic carbocycles. The molecule has 1 fully saturated rings. The Kier molecular flexibility index (Phi) is 5.26. The SMILES string of the molecule is O=C(/C=C/c1cccs1)c1ccc(O)c(CN2CCCCC2)c1. The van der Waals surface area contributed by atoms with Crippen molar-refractivity contribution in [2.75, 3.05) is 13.1 Å². The molecule has 23 heavy (non-hydrogen) atoms. The van der Waals surface area contributed by atoms with Crippen molar-refractivity contribution in [1.29, 1.82) is 0 Å². The molecule has 1 aliphatic rings. The number of carbonyl (C=O) groups is 1. The molecule has 2 heterocycles. The third-order valence-electron chi connectivity index (χ3n) is 4.15. The number of allylic oxidation sites excluding steroid dienone is 1. The van der Waals surface area contributed by atoms with Crippen LogP contribution in [0.1, 0.15) is 40.1 Å². The second-order valence-electron chi connectivity index (χ2n) is 5.89. The molecule has 1 aromatic heterocycles. The molecule has 0 saturated carbocycles. The lowest BCUT2D eigenvalue weighted by Gasteiger charge is -2.26. The number of aromatic hydroxyl groups is 1. The standard InChI is InChI=1S/C19H21NO2S/c21-18(9-7-17-5-4-12-23-17)15-6-8-19(22)16(13-15)14-20-10-2-1-3-11-20/h4-9,12-13,22H,1-3,10-11,14H2/b9-7+. The van der Waals surface area contributed by atoms with Crippen molar-refractivity contribution in [1.82, 2.24) is 4.90 Å².